The summed E-state index contributed by atoms with van der Waals surface area (Å²) in [6.07, 6.45) is 7.43. The summed E-state index contributed by atoms with van der Waals surface area (Å²) in [5.74, 6) is -0.00378. The SMILES string of the molecule is CC(C)C[C@@H](O)C(=O)NCc1cc2n(n1)CCCN(C1CCCCC1)C2. The van der Waals surface area contributed by atoms with Gasteiger partial charge in [-0.25, -0.2) is 0 Å². The summed E-state index contributed by atoms with van der Waals surface area (Å²) in [5.41, 5.74) is 2.13. The number of aliphatic hydroxyl groups excluding tert-OH is 1. The van der Waals surface area contributed by atoms with Crippen LogP contribution in [0.5, 0.6) is 0 Å². The van der Waals surface area contributed by atoms with Gasteiger partial charge in [-0.1, -0.05) is 33.1 Å². The van der Waals surface area contributed by atoms with E-state index < -0.39 is 6.10 Å². The van der Waals surface area contributed by atoms with Crippen molar-refractivity contribution < 1.29 is 9.90 Å². The van der Waals surface area contributed by atoms with E-state index in [4.69, 9.17) is 0 Å². The van der Waals surface area contributed by atoms with Crippen LogP contribution in [0.4, 0.5) is 0 Å². The van der Waals surface area contributed by atoms with Crippen LogP contribution in [0.2, 0.25) is 0 Å². The first-order valence-electron chi connectivity index (χ1n) is 10.3. The minimum absolute atomic E-state index is 0.296. The van der Waals surface area contributed by atoms with Crippen molar-refractivity contribution in [3.63, 3.8) is 0 Å². The summed E-state index contributed by atoms with van der Waals surface area (Å²) in [6.45, 7) is 7.45. The molecule has 0 spiro atoms. The van der Waals surface area contributed by atoms with Crippen LogP contribution in [-0.4, -0.2) is 44.4 Å². The number of carbonyl (C=O) groups excluding carboxylic acids is 1. The van der Waals surface area contributed by atoms with E-state index in [1.165, 1.54) is 37.8 Å². The Labute approximate surface area is 156 Å². The lowest BCUT2D eigenvalue weighted by Gasteiger charge is -2.33. The number of aromatic nitrogens is 2. The molecule has 0 radical (unpaired) electrons. The number of amides is 1. The fourth-order valence-corrected chi connectivity index (χ4v) is 4.24. The number of carbonyl (C=O) groups is 1. The van der Waals surface area contributed by atoms with E-state index in [-0.39, 0.29) is 5.91 Å². The van der Waals surface area contributed by atoms with Gasteiger partial charge in [0, 0.05) is 25.7 Å². The number of hydrogen-bond acceptors (Lipinski definition) is 4. The summed E-state index contributed by atoms with van der Waals surface area (Å²) in [5, 5.41) is 17.4. The Balaban J connectivity index is 1.56. The van der Waals surface area contributed by atoms with Gasteiger partial charge in [0.25, 0.3) is 0 Å². The maximum absolute atomic E-state index is 12.0. The Hall–Kier alpha value is -1.40. The molecule has 1 saturated carbocycles. The predicted octanol–water partition coefficient (Wildman–Crippen LogP) is 2.44. The van der Waals surface area contributed by atoms with Crippen LogP contribution >= 0.6 is 0 Å². The van der Waals surface area contributed by atoms with E-state index >= 15 is 0 Å². The summed E-state index contributed by atoms with van der Waals surface area (Å²) in [7, 11) is 0. The number of nitrogens with one attached hydrogen (secondary N) is 1. The number of aliphatic hydroxyl groups is 1. The van der Waals surface area contributed by atoms with Crippen molar-refractivity contribution in [1.82, 2.24) is 20.0 Å². The molecule has 1 aliphatic heterocycles. The molecule has 1 aromatic heterocycles. The van der Waals surface area contributed by atoms with Gasteiger partial charge in [-0.05, 0) is 37.7 Å². The summed E-state index contributed by atoms with van der Waals surface area (Å²) in [6, 6.07) is 2.84. The molecule has 26 heavy (non-hydrogen) atoms. The number of fused-ring (bicyclic) bond motifs is 1. The summed E-state index contributed by atoms with van der Waals surface area (Å²) in [4.78, 5) is 14.6. The Kier molecular flexibility index (Phi) is 6.70. The van der Waals surface area contributed by atoms with Crippen molar-refractivity contribution in [2.45, 2.75) is 90.6 Å². The van der Waals surface area contributed by atoms with Crippen LogP contribution in [0, 0.1) is 5.92 Å². The normalized spacial score (nSPS) is 20.6. The molecule has 1 amide bonds. The molecule has 2 heterocycles. The van der Waals surface area contributed by atoms with E-state index in [2.05, 4.69) is 26.1 Å². The van der Waals surface area contributed by atoms with Crippen molar-refractivity contribution in [1.29, 1.82) is 0 Å². The predicted molar refractivity (Wildman–Crippen MR) is 101 cm³/mol. The quantitative estimate of drug-likeness (QED) is 0.815. The van der Waals surface area contributed by atoms with E-state index in [1.807, 2.05) is 13.8 Å². The molecule has 1 aliphatic carbocycles. The maximum Gasteiger partial charge on any atom is 0.249 e. The van der Waals surface area contributed by atoms with E-state index in [9.17, 15) is 9.90 Å². The second-order valence-corrected chi connectivity index (χ2v) is 8.33. The van der Waals surface area contributed by atoms with Gasteiger partial charge in [0.1, 0.15) is 6.10 Å². The molecule has 0 unspecified atom stereocenters. The van der Waals surface area contributed by atoms with Crippen LogP contribution < -0.4 is 5.32 Å². The zero-order chi connectivity index (χ0) is 18.5. The van der Waals surface area contributed by atoms with Crippen LogP contribution in [-0.2, 0) is 24.4 Å². The second kappa shape index (κ2) is 9.00. The van der Waals surface area contributed by atoms with Crippen molar-refractivity contribution >= 4 is 5.91 Å². The number of aryl methyl sites for hydroxylation is 1. The molecule has 1 fully saturated rings. The van der Waals surface area contributed by atoms with E-state index in [0.717, 1.165) is 37.8 Å². The third-order valence-electron chi connectivity index (χ3n) is 5.63. The van der Waals surface area contributed by atoms with Gasteiger partial charge in [-0.3, -0.25) is 14.4 Å². The molecule has 1 aromatic rings. The van der Waals surface area contributed by atoms with Gasteiger partial charge < -0.3 is 10.4 Å². The third-order valence-corrected chi connectivity index (χ3v) is 5.63. The molecule has 2 aliphatic rings. The number of nitrogens with zero attached hydrogens (tertiary/aromatic N) is 3. The average molecular weight is 363 g/mol. The zero-order valence-electron chi connectivity index (χ0n) is 16.3. The fourth-order valence-electron chi connectivity index (χ4n) is 4.24. The van der Waals surface area contributed by atoms with Gasteiger partial charge in [0.2, 0.25) is 5.91 Å². The first-order valence-corrected chi connectivity index (χ1v) is 10.3. The molecule has 2 N–H and O–H groups in total. The first kappa shape index (κ1) is 19.4. The monoisotopic (exact) mass is 362 g/mol. The molecule has 0 saturated heterocycles. The summed E-state index contributed by atoms with van der Waals surface area (Å²) < 4.78 is 2.11. The van der Waals surface area contributed by atoms with Crippen LogP contribution in [0.15, 0.2) is 6.07 Å². The molecular formula is C20H34N4O2. The van der Waals surface area contributed by atoms with Gasteiger partial charge in [-0.2, -0.15) is 5.10 Å². The van der Waals surface area contributed by atoms with Gasteiger partial charge >= 0.3 is 0 Å². The molecule has 146 valence electrons. The number of hydrogen-bond donors (Lipinski definition) is 2. The first-order chi connectivity index (χ1) is 12.5. The lowest BCUT2D eigenvalue weighted by molar-refractivity contribution is -0.130. The smallest absolute Gasteiger partial charge is 0.249 e. The second-order valence-electron chi connectivity index (χ2n) is 8.33. The molecule has 1 atom stereocenters. The van der Waals surface area contributed by atoms with E-state index in [0.29, 0.717) is 18.9 Å². The zero-order valence-corrected chi connectivity index (χ0v) is 16.3. The van der Waals surface area contributed by atoms with Gasteiger partial charge in [0.05, 0.1) is 17.9 Å². The highest BCUT2D eigenvalue weighted by Gasteiger charge is 2.25. The lowest BCUT2D eigenvalue weighted by atomic mass is 9.94. The standard InChI is InChI=1S/C20H34N4O2/c1-15(2)11-19(25)20(26)21-13-16-12-18-14-23(9-6-10-24(18)22-16)17-7-4-3-5-8-17/h12,15,17,19,25H,3-11,13-14H2,1-2H3,(H,21,26)/t19-/m1/s1. The lowest BCUT2D eigenvalue weighted by Crippen LogP contribution is -2.36. The van der Waals surface area contributed by atoms with Crippen LogP contribution in [0.1, 0.15) is 70.2 Å². The van der Waals surface area contributed by atoms with Crippen LogP contribution in [0.25, 0.3) is 0 Å². The van der Waals surface area contributed by atoms with Crippen molar-refractivity contribution in [2.75, 3.05) is 6.54 Å². The molecule has 6 heteroatoms. The van der Waals surface area contributed by atoms with Crippen molar-refractivity contribution in [3.8, 4) is 0 Å². The topological polar surface area (TPSA) is 70.4 Å². The third kappa shape index (κ3) is 5.07. The minimum atomic E-state index is -0.933. The Morgan fingerprint density at radius 2 is 2.04 bits per heavy atom. The molecule has 0 aromatic carbocycles. The van der Waals surface area contributed by atoms with Gasteiger partial charge in [-0.15, -0.1) is 0 Å². The average Bonchev–Trinajstić information content (AvgIpc) is 2.90. The van der Waals surface area contributed by atoms with Crippen molar-refractivity contribution in [2.24, 2.45) is 5.92 Å². The van der Waals surface area contributed by atoms with Gasteiger partial charge in [0.15, 0.2) is 0 Å². The highest BCUT2D eigenvalue weighted by Crippen LogP contribution is 2.26. The number of rotatable bonds is 6. The minimum Gasteiger partial charge on any atom is -0.383 e. The molecule has 3 rings (SSSR count). The molecule has 0 bridgehead atoms. The Morgan fingerprint density at radius 3 is 2.77 bits per heavy atom. The van der Waals surface area contributed by atoms with E-state index in [1.54, 1.807) is 0 Å². The summed E-state index contributed by atoms with van der Waals surface area (Å²) >= 11 is 0. The highest BCUT2D eigenvalue weighted by molar-refractivity contribution is 5.80. The van der Waals surface area contributed by atoms with Crippen LogP contribution in [0.3, 0.4) is 0 Å². The highest BCUT2D eigenvalue weighted by atomic mass is 16.3. The Morgan fingerprint density at radius 1 is 1.27 bits per heavy atom. The molecular weight excluding hydrogens is 328 g/mol. The molecule has 6 nitrogen and oxygen atoms in total. The van der Waals surface area contributed by atoms with Crippen molar-refractivity contribution in [3.05, 3.63) is 17.5 Å². The fraction of sp³-hybridized carbons (Fsp3) is 0.800. The maximum atomic E-state index is 12.0. The largest absolute Gasteiger partial charge is 0.383 e. The Bertz CT molecular complexity index is 593.